The van der Waals surface area contributed by atoms with E-state index in [0.29, 0.717) is 19.0 Å². The van der Waals surface area contributed by atoms with E-state index in [2.05, 4.69) is 10.3 Å². The number of nitrogens with zero attached hydrogens (tertiary/aromatic N) is 1. The minimum Gasteiger partial charge on any atom is -0.486 e. The number of carbonyl (C=O) groups excluding carboxylic acids is 1. The van der Waals surface area contributed by atoms with Crippen molar-refractivity contribution in [3.05, 3.63) is 95.8 Å². The maximum Gasteiger partial charge on any atom is 0.244 e. The van der Waals surface area contributed by atoms with Gasteiger partial charge in [-0.15, -0.1) is 0 Å². The summed E-state index contributed by atoms with van der Waals surface area (Å²) in [6, 6.07) is 20.8. The molecule has 1 aliphatic rings. The minimum atomic E-state index is -0.320. The molecular formula is C23H20N2O3. The molecular weight excluding hydrogens is 352 g/mol. The summed E-state index contributed by atoms with van der Waals surface area (Å²) in [6.07, 6.45) is 5.00. The summed E-state index contributed by atoms with van der Waals surface area (Å²) in [5, 5.41) is 3.04. The second-order valence-electron chi connectivity index (χ2n) is 6.34. The van der Waals surface area contributed by atoms with Crippen LogP contribution in [0.4, 0.5) is 0 Å². The Labute approximate surface area is 163 Å². The lowest BCUT2D eigenvalue weighted by molar-refractivity contribution is -0.116. The standard InChI is InChI=1S/C23H20N2O3/c26-22(12-10-17-9-11-20-21(16-17)28-15-14-27-20)25-23(18-6-2-1-3-7-18)19-8-4-5-13-24-19/h1-13,16,23H,14-15H2,(H,25,26)/b12-10+. The molecule has 1 aromatic heterocycles. The van der Waals surface area contributed by atoms with Crippen LogP contribution in [0, 0.1) is 0 Å². The Balaban J connectivity index is 1.51. The van der Waals surface area contributed by atoms with Crippen LogP contribution in [0.1, 0.15) is 22.9 Å². The average Bonchev–Trinajstić information content (AvgIpc) is 2.77. The molecule has 3 aromatic rings. The lowest BCUT2D eigenvalue weighted by Crippen LogP contribution is -2.28. The zero-order chi connectivity index (χ0) is 19.2. The highest BCUT2D eigenvalue weighted by Crippen LogP contribution is 2.31. The van der Waals surface area contributed by atoms with E-state index in [4.69, 9.17) is 9.47 Å². The summed E-state index contributed by atoms with van der Waals surface area (Å²) in [6.45, 7) is 1.09. The Morgan fingerprint density at radius 2 is 1.75 bits per heavy atom. The molecule has 140 valence electrons. The van der Waals surface area contributed by atoms with Crippen molar-refractivity contribution in [3.8, 4) is 11.5 Å². The van der Waals surface area contributed by atoms with Gasteiger partial charge in [-0.25, -0.2) is 0 Å². The number of hydrogen-bond acceptors (Lipinski definition) is 4. The predicted octanol–water partition coefficient (Wildman–Crippen LogP) is 3.77. The average molecular weight is 372 g/mol. The molecule has 2 aromatic carbocycles. The second-order valence-corrected chi connectivity index (χ2v) is 6.34. The third-order valence-electron chi connectivity index (χ3n) is 4.40. The smallest absolute Gasteiger partial charge is 0.244 e. The van der Waals surface area contributed by atoms with Crippen molar-refractivity contribution in [2.75, 3.05) is 13.2 Å². The predicted molar refractivity (Wildman–Crippen MR) is 107 cm³/mol. The van der Waals surface area contributed by atoms with Gasteiger partial charge in [0.05, 0.1) is 11.7 Å². The fraction of sp³-hybridized carbons (Fsp3) is 0.130. The Morgan fingerprint density at radius 1 is 0.964 bits per heavy atom. The highest BCUT2D eigenvalue weighted by molar-refractivity contribution is 5.92. The molecule has 2 heterocycles. The summed E-state index contributed by atoms with van der Waals surface area (Å²) in [5.41, 5.74) is 2.63. The molecule has 0 saturated carbocycles. The first-order chi connectivity index (χ1) is 13.8. The largest absolute Gasteiger partial charge is 0.486 e. The van der Waals surface area contributed by atoms with Crippen LogP contribution in [0.2, 0.25) is 0 Å². The van der Waals surface area contributed by atoms with Crippen molar-refractivity contribution in [2.45, 2.75) is 6.04 Å². The Kier molecular flexibility index (Phi) is 5.33. The Bertz CT molecular complexity index is 932. The number of aromatic nitrogens is 1. The highest BCUT2D eigenvalue weighted by atomic mass is 16.6. The van der Waals surface area contributed by atoms with Crippen molar-refractivity contribution >= 4 is 12.0 Å². The minimum absolute atomic E-state index is 0.200. The number of pyridine rings is 1. The van der Waals surface area contributed by atoms with Crippen molar-refractivity contribution in [3.63, 3.8) is 0 Å². The SMILES string of the molecule is O=C(/C=C/c1ccc2c(c1)OCCO2)NC(c1ccccc1)c1ccccn1. The first-order valence-corrected chi connectivity index (χ1v) is 9.14. The molecule has 5 nitrogen and oxygen atoms in total. The van der Waals surface area contributed by atoms with Gasteiger partial charge in [-0.05, 0) is 41.5 Å². The van der Waals surface area contributed by atoms with Crippen molar-refractivity contribution in [1.29, 1.82) is 0 Å². The molecule has 0 saturated heterocycles. The van der Waals surface area contributed by atoms with Crippen LogP contribution in [0.15, 0.2) is 79.0 Å². The van der Waals surface area contributed by atoms with Crippen LogP contribution < -0.4 is 14.8 Å². The Morgan fingerprint density at radius 3 is 2.54 bits per heavy atom. The molecule has 1 N–H and O–H groups in total. The monoisotopic (exact) mass is 372 g/mol. The maximum atomic E-state index is 12.6. The van der Waals surface area contributed by atoms with Crippen LogP contribution >= 0.6 is 0 Å². The van der Waals surface area contributed by atoms with Crippen LogP contribution in [-0.2, 0) is 4.79 Å². The number of ether oxygens (including phenoxy) is 2. The van der Waals surface area contributed by atoms with Gasteiger partial charge in [0.1, 0.15) is 13.2 Å². The van der Waals surface area contributed by atoms with E-state index in [9.17, 15) is 4.79 Å². The zero-order valence-electron chi connectivity index (χ0n) is 15.2. The van der Waals surface area contributed by atoms with Gasteiger partial charge in [0.2, 0.25) is 5.91 Å². The van der Waals surface area contributed by atoms with Crippen molar-refractivity contribution < 1.29 is 14.3 Å². The van der Waals surface area contributed by atoms with Gasteiger partial charge in [-0.1, -0.05) is 42.5 Å². The van der Waals surface area contributed by atoms with Crippen LogP contribution in [0.5, 0.6) is 11.5 Å². The highest BCUT2D eigenvalue weighted by Gasteiger charge is 2.16. The van der Waals surface area contributed by atoms with Crippen LogP contribution in [0.3, 0.4) is 0 Å². The van der Waals surface area contributed by atoms with Crippen molar-refractivity contribution in [1.82, 2.24) is 10.3 Å². The molecule has 0 fully saturated rings. The number of nitrogens with one attached hydrogen (secondary N) is 1. The van der Waals surface area contributed by atoms with Gasteiger partial charge >= 0.3 is 0 Å². The quantitative estimate of drug-likeness (QED) is 0.693. The Hall–Kier alpha value is -3.60. The first-order valence-electron chi connectivity index (χ1n) is 9.14. The lowest BCUT2D eigenvalue weighted by Gasteiger charge is -2.18. The summed E-state index contributed by atoms with van der Waals surface area (Å²) in [5.74, 6) is 1.23. The van der Waals surface area contributed by atoms with Crippen LogP contribution in [0.25, 0.3) is 6.08 Å². The summed E-state index contributed by atoms with van der Waals surface area (Å²) in [7, 11) is 0. The van der Waals surface area contributed by atoms with Crippen LogP contribution in [-0.4, -0.2) is 24.1 Å². The van der Waals surface area contributed by atoms with Gasteiger partial charge in [0.15, 0.2) is 11.5 Å². The van der Waals surface area contributed by atoms with Gasteiger partial charge < -0.3 is 14.8 Å². The second kappa shape index (κ2) is 8.39. The molecule has 28 heavy (non-hydrogen) atoms. The van der Waals surface area contributed by atoms with E-state index < -0.39 is 0 Å². The number of benzene rings is 2. The van der Waals surface area contributed by atoms with Gasteiger partial charge in [0.25, 0.3) is 0 Å². The zero-order valence-corrected chi connectivity index (χ0v) is 15.2. The summed E-state index contributed by atoms with van der Waals surface area (Å²) >= 11 is 0. The third-order valence-corrected chi connectivity index (χ3v) is 4.40. The molecule has 1 unspecified atom stereocenters. The molecule has 0 bridgehead atoms. The molecule has 1 atom stereocenters. The summed E-state index contributed by atoms with van der Waals surface area (Å²) in [4.78, 5) is 17.0. The van der Waals surface area contributed by atoms with Gasteiger partial charge in [0, 0.05) is 12.3 Å². The topological polar surface area (TPSA) is 60.5 Å². The first kappa shape index (κ1) is 17.8. The van der Waals surface area contributed by atoms with E-state index in [1.165, 1.54) is 6.08 Å². The van der Waals surface area contributed by atoms with E-state index >= 15 is 0 Å². The number of carbonyl (C=O) groups is 1. The fourth-order valence-electron chi connectivity index (χ4n) is 3.05. The van der Waals surface area contributed by atoms with E-state index in [-0.39, 0.29) is 11.9 Å². The maximum absolute atomic E-state index is 12.6. The van der Waals surface area contributed by atoms with Crippen molar-refractivity contribution in [2.24, 2.45) is 0 Å². The van der Waals surface area contributed by atoms with E-state index in [1.54, 1.807) is 12.3 Å². The third kappa shape index (κ3) is 4.20. The normalized spacial score (nSPS) is 13.9. The number of hydrogen-bond donors (Lipinski definition) is 1. The molecule has 1 amide bonds. The molecule has 1 aliphatic heterocycles. The summed E-state index contributed by atoms with van der Waals surface area (Å²) < 4.78 is 11.1. The fourth-order valence-corrected chi connectivity index (χ4v) is 3.05. The molecule has 0 aliphatic carbocycles. The van der Waals surface area contributed by atoms with Gasteiger partial charge in [-0.2, -0.15) is 0 Å². The number of fused-ring (bicyclic) bond motifs is 1. The van der Waals surface area contributed by atoms with E-state index in [0.717, 1.165) is 22.6 Å². The molecule has 5 heteroatoms. The van der Waals surface area contributed by atoms with E-state index in [1.807, 2.05) is 66.7 Å². The lowest BCUT2D eigenvalue weighted by atomic mass is 10.0. The molecule has 0 spiro atoms. The number of rotatable bonds is 5. The molecule has 0 radical (unpaired) electrons. The van der Waals surface area contributed by atoms with Gasteiger partial charge in [-0.3, -0.25) is 9.78 Å². The number of amides is 1. The molecule has 4 rings (SSSR count).